The second-order valence-electron chi connectivity index (χ2n) is 7.63. The number of nitrogens with one attached hydrogen (secondary N) is 1. The monoisotopic (exact) mass is 440 g/mol. The Morgan fingerprint density at radius 3 is 2.55 bits per heavy atom. The van der Waals surface area contributed by atoms with E-state index in [1.54, 1.807) is 14.0 Å². The maximum atomic E-state index is 12.9. The molecule has 3 aromatic carbocycles. The number of amides is 1. The van der Waals surface area contributed by atoms with Crippen molar-refractivity contribution in [2.45, 2.75) is 19.3 Å². The number of benzene rings is 3. The Balaban J connectivity index is 1.56. The molecule has 2 N–H and O–H groups in total. The van der Waals surface area contributed by atoms with Crippen LogP contribution < -0.4 is 14.4 Å². The third-order valence-corrected chi connectivity index (χ3v) is 7.46. The summed E-state index contributed by atoms with van der Waals surface area (Å²) in [7, 11) is -1.74. The molecule has 0 spiro atoms. The second kappa shape index (κ2) is 8.11. The van der Waals surface area contributed by atoms with Gasteiger partial charge < -0.3 is 15.2 Å². The average molecular weight is 441 g/mol. The largest absolute Gasteiger partial charge is 0.506 e. The Hall–Kier alpha value is -3.26. The van der Waals surface area contributed by atoms with Gasteiger partial charge >= 0.3 is 0 Å². The van der Waals surface area contributed by atoms with Gasteiger partial charge in [0.2, 0.25) is 15.9 Å². The van der Waals surface area contributed by atoms with Gasteiger partial charge in [0.1, 0.15) is 11.5 Å². The molecule has 1 aliphatic heterocycles. The number of aromatic hydroxyl groups is 1. The van der Waals surface area contributed by atoms with Gasteiger partial charge in [0.05, 0.1) is 30.2 Å². The maximum Gasteiger partial charge on any atom is 0.235 e. The highest BCUT2D eigenvalue weighted by atomic mass is 32.2. The predicted molar refractivity (Wildman–Crippen MR) is 121 cm³/mol. The molecule has 1 amide bonds. The van der Waals surface area contributed by atoms with E-state index in [1.165, 1.54) is 22.5 Å². The summed E-state index contributed by atoms with van der Waals surface area (Å²) >= 11 is 0. The van der Waals surface area contributed by atoms with Crippen LogP contribution in [0.15, 0.2) is 54.6 Å². The van der Waals surface area contributed by atoms with E-state index < -0.39 is 15.9 Å². The van der Waals surface area contributed by atoms with Crippen LogP contribution in [0.3, 0.4) is 0 Å². The smallest absolute Gasteiger partial charge is 0.235 e. The zero-order chi connectivity index (χ0) is 22.2. The zero-order valence-corrected chi connectivity index (χ0v) is 18.1. The van der Waals surface area contributed by atoms with Gasteiger partial charge in [-0.2, -0.15) is 0 Å². The lowest BCUT2D eigenvalue weighted by molar-refractivity contribution is -0.117. The van der Waals surface area contributed by atoms with Gasteiger partial charge in [0, 0.05) is 6.54 Å². The Labute approximate surface area is 181 Å². The summed E-state index contributed by atoms with van der Waals surface area (Å²) in [6.07, 6.45) is 0.551. The van der Waals surface area contributed by atoms with Crippen molar-refractivity contribution < 1.29 is 23.1 Å². The quantitative estimate of drug-likeness (QED) is 0.588. The van der Waals surface area contributed by atoms with Crippen molar-refractivity contribution in [1.29, 1.82) is 0 Å². The molecule has 0 unspecified atom stereocenters. The molecular weight excluding hydrogens is 416 g/mol. The van der Waals surface area contributed by atoms with Gasteiger partial charge in [-0.25, -0.2) is 8.42 Å². The van der Waals surface area contributed by atoms with E-state index in [2.05, 4.69) is 5.32 Å². The van der Waals surface area contributed by atoms with Crippen LogP contribution in [-0.4, -0.2) is 38.8 Å². The van der Waals surface area contributed by atoms with E-state index in [0.29, 0.717) is 18.7 Å². The number of sulfonamides is 1. The lowest BCUT2D eigenvalue weighted by atomic mass is 9.97. The van der Waals surface area contributed by atoms with Crippen LogP contribution in [0.1, 0.15) is 24.8 Å². The van der Waals surface area contributed by atoms with Crippen LogP contribution in [0, 0.1) is 0 Å². The fourth-order valence-electron chi connectivity index (χ4n) is 3.74. The molecule has 3 aromatic rings. The van der Waals surface area contributed by atoms with E-state index in [4.69, 9.17) is 4.74 Å². The summed E-state index contributed by atoms with van der Waals surface area (Å²) < 4.78 is 30.9. The van der Waals surface area contributed by atoms with Gasteiger partial charge in [-0.05, 0) is 60.0 Å². The van der Waals surface area contributed by atoms with Crippen molar-refractivity contribution >= 4 is 38.1 Å². The lowest BCUT2D eigenvalue weighted by Crippen LogP contribution is -2.25. The van der Waals surface area contributed by atoms with Gasteiger partial charge in [-0.3, -0.25) is 9.10 Å². The van der Waals surface area contributed by atoms with Gasteiger partial charge in [-0.1, -0.05) is 24.3 Å². The fourth-order valence-corrected chi connectivity index (χ4v) is 5.30. The van der Waals surface area contributed by atoms with Crippen molar-refractivity contribution in [2.24, 2.45) is 0 Å². The van der Waals surface area contributed by atoms with Crippen LogP contribution in [0.5, 0.6) is 11.5 Å². The van der Waals surface area contributed by atoms with Crippen LogP contribution in [0.25, 0.3) is 10.8 Å². The average Bonchev–Trinajstić information content (AvgIpc) is 3.12. The molecule has 1 heterocycles. The number of ether oxygens (including phenoxy) is 1. The summed E-state index contributed by atoms with van der Waals surface area (Å²) in [5, 5.41) is 14.9. The molecule has 0 bridgehead atoms. The first-order chi connectivity index (χ1) is 14.8. The van der Waals surface area contributed by atoms with Crippen LogP contribution in [0.2, 0.25) is 0 Å². The predicted octanol–water partition coefficient (Wildman–Crippen LogP) is 3.84. The van der Waals surface area contributed by atoms with E-state index in [1.807, 2.05) is 36.4 Å². The summed E-state index contributed by atoms with van der Waals surface area (Å²) in [5.74, 6) is -0.0388. The molecule has 0 aliphatic carbocycles. The van der Waals surface area contributed by atoms with Gasteiger partial charge in [0.25, 0.3) is 0 Å². The first-order valence-electron chi connectivity index (χ1n) is 10.0. The molecule has 162 valence electrons. The second-order valence-corrected chi connectivity index (χ2v) is 9.64. The van der Waals surface area contributed by atoms with E-state index >= 15 is 0 Å². The molecule has 1 aliphatic rings. The summed E-state index contributed by atoms with van der Waals surface area (Å²) in [6, 6.07) is 15.9. The third kappa shape index (κ3) is 4.16. The first kappa shape index (κ1) is 21.0. The van der Waals surface area contributed by atoms with Crippen LogP contribution in [-0.2, 0) is 14.8 Å². The molecule has 0 aromatic heterocycles. The number of rotatable bonds is 5. The van der Waals surface area contributed by atoms with Crippen molar-refractivity contribution in [3.05, 3.63) is 60.2 Å². The van der Waals surface area contributed by atoms with E-state index in [-0.39, 0.29) is 23.1 Å². The number of phenolic OH excluding ortho intramolecular Hbond substituents is 1. The zero-order valence-electron chi connectivity index (χ0n) is 17.3. The molecular formula is C23H24N2O5S. The minimum atomic E-state index is -3.35. The van der Waals surface area contributed by atoms with Crippen LogP contribution >= 0.6 is 0 Å². The molecule has 7 nitrogen and oxygen atoms in total. The normalized spacial score (nSPS) is 16.3. The number of methoxy groups -OCH3 is 1. The van der Waals surface area contributed by atoms with Crippen molar-refractivity contribution in [1.82, 2.24) is 0 Å². The number of nitrogens with zero attached hydrogens (tertiary/aromatic N) is 1. The van der Waals surface area contributed by atoms with Gasteiger partial charge in [0.15, 0.2) is 0 Å². The molecule has 4 rings (SSSR count). The van der Waals surface area contributed by atoms with Crippen LogP contribution in [0.4, 0.5) is 11.4 Å². The summed E-state index contributed by atoms with van der Waals surface area (Å²) in [5.41, 5.74) is 1.44. The Kier molecular flexibility index (Phi) is 5.49. The highest BCUT2D eigenvalue weighted by Crippen LogP contribution is 2.33. The van der Waals surface area contributed by atoms with Crippen molar-refractivity contribution in [2.75, 3.05) is 29.0 Å². The Morgan fingerprint density at radius 1 is 1.10 bits per heavy atom. The lowest BCUT2D eigenvalue weighted by Gasteiger charge is -2.19. The number of hydrogen-bond donors (Lipinski definition) is 2. The number of hydrogen-bond acceptors (Lipinski definition) is 5. The number of phenols is 1. The topological polar surface area (TPSA) is 95.9 Å². The maximum absolute atomic E-state index is 12.9. The number of fused-ring (bicyclic) bond motifs is 1. The summed E-state index contributed by atoms with van der Waals surface area (Å²) in [6.45, 7) is 2.17. The number of anilines is 2. The minimum Gasteiger partial charge on any atom is -0.506 e. The Morgan fingerprint density at radius 2 is 1.84 bits per heavy atom. The standard InChI is InChI=1S/C23H24N2O5S/c1-15(16-4-5-18-13-20(30-2)8-6-17(18)12-16)23(27)24-21-14-19(7-9-22(21)26)25-10-3-11-31(25,28)29/h4-9,12-15,26H,3,10-11H2,1-2H3,(H,24,27)/t15-/m0/s1. The molecule has 0 saturated carbocycles. The highest BCUT2D eigenvalue weighted by Gasteiger charge is 2.29. The van der Waals surface area contributed by atoms with E-state index in [0.717, 1.165) is 22.1 Å². The highest BCUT2D eigenvalue weighted by molar-refractivity contribution is 7.93. The first-order valence-corrected chi connectivity index (χ1v) is 11.6. The molecule has 1 saturated heterocycles. The molecule has 31 heavy (non-hydrogen) atoms. The van der Waals surface area contributed by atoms with Gasteiger partial charge in [-0.15, -0.1) is 0 Å². The van der Waals surface area contributed by atoms with E-state index in [9.17, 15) is 18.3 Å². The van der Waals surface area contributed by atoms with Crippen molar-refractivity contribution in [3.8, 4) is 11.5 Å². The Bertz CT molecular complexity index is 1260. The van der Waals surface area contributed by atoms with Crippen molar-refractivity contribution in [3.63, 3.8) is 0 Å². The summed E-state index contributed by atoms with van der Waals surface area (Å²) in [4.78, 5) is 12.9. The SMILES string of the molecule is COc1ccc2cc([C@H](C)C(=O)Nc3cc(N4CCCS4(=O)=O)ccc3O)ccc2c1. The minimum absolute atomic E-state index is 0.0977. The molecule has 0 radical (unpaired) electrons. The fraction of sp³-hybridized carbons (Fsp3) is 0.261. The molecule has 1 atom stereocenters. The molecule has 1 fully saturated rings. The number of carbonyl (C=O) groups excluding carboxylic acids is 1. The molecule has 8 heteroatoms. The third-order valence-electron chi connectivity index (χ3n) is 5.59. The number of carbonyl (C=O) groups is 1.